The van der Waals surface area contributed by atoms with Crippen molar-refractivity contribution in [1.82, 2.24) is 0 Å². The van der Waals surface area contributed by atoms with Crippen LogP contribution in [0.25, 0.3) is 0 Å². The summed E-state index contributed by atoms with van der Waals surface area (Å²) in [5.41, 5.74) is 0.821. The first-order valence-electron chi connectivity index (χ1n) is 12.3. The Morgan fingerprint density at radius 3 is 1.29 bits per heavy atom. The molecule has 31 heavy (non-hydrogen) atoms. The zero-order valence-corrected chi connectivity index (χ0v) is 21.7. The van der Waals surface area contributed by atoms with Crippen LogP contribution in [0.2, 0.25) is 0 Å². The molecule has 178 valence electrons. The first kappa shape index (κ1) is 25.9. The molecule has 1 fully saturated rings. The fourth-order valence-corrected chi connectivity index (χ4v) is 6.42. The number of hydrogen-bond acceptors (Lipinski definition) is 4. The van der Waals surface area contributed by atoms with Gasteiger partial charge in [0, 0.05) is 0 Å². The topological polar surface area (TPSA) is 52.6 Å². The van der Waals surface area contributed by atoms with E-state index in [1.807, 2.05) is 0 Å². The van der Waals surface area contributed by atoms with Gasteiger partial charge in [-0.1, -0.05) is 80.4 Å². The average molecular weight is 435 g/mol. The fraction of sp³-hybridized carbons (Fsp3) is 0.852. The minimum atomic E-state index is -0.851. The lowest BCUT2D eigenvalue weighted by Gasteiger charge is -2.50. The molecular formula is C27H46O4. The maximum atomic E-state index is 13.9. The van der Waals surface area contributed by atoms with Crippen molar-refractivity contribution in [2.45, 2.75) is 101 Å². The lowest BCUT2D eigenvalue weighted by molar-refractivity contribution is -0.189. The highest BCUT2D eigenvalue weighted by atomic mass is 16.5. The summed E-state index contributed by atoms with van der Waals surface area (Å²) < 4.78 is 12.0. The van der Waals surface area contributed by atoms with Gasteiger partial charge in [0.05, 0.1) is 24.0 Å². The van der Waals surface area contributed by atoms with Crippen LogP contribution in [0.4, 0.5) is 0 Å². The number of ether oxygens (including phenoxy) is 2. The van der Waals surface area contributed by atoms with Crippen molar-refractivity contribution < 1.29 is 19.1 Å². The molecule has 0 saturated heterocycles. The average Bonchev–Trinajstić information content (AvgIpc) is 3.20. The minimum Gasteiger partial charge on any atom is -0.465 e. The van der Waals surface area contributed by atoms with Gasteiger partial charge in [-0.25, -0.2) is 0 Å². The van der Waals surface area contributed by atoms with Gasteiger partial charge >= 0.3 is 11.9 Å². The van der Waals surface area contributed by atoms with E-state index in [2.05, 4.69) is 69.2 Å². The summed E-state index contributed by atoms with van der Waals surface area (Å²) >= 11 is 0. The Morgan fingerprint density at radius 1 is 0.742 bits per heavy atom. The normalized spacial score (nSPS) is 30.6. The van der Waals surface area contributed by atoms with Gasteiger partial charge in [-0.2, -0.15) is 0 Å². The Balaban J connectivity index is 2.64. The Labute approximate surface area is 190 Å². The summed E-state index contributed by atoms with van der Waals surface area (Å²) in [6, 6.07) is 0. The van der Waals surface area contributed by atoms with Crippen LogP contribution in [0.5, 0.6) is 0 Å². The third kappa shape index (κ3) is 4.20. The molecule has 0 N–H and O–H groups in total. The summed E-state index contributed by atoms with van der Waals surface area (Å²) in [5, 5.41) is 0. The molecule has 2 rings (SSSR count). The number of carbonyl (C=O) groups is 2. The number of esters is 2. The molecular weight excluding hydrogens is 388 g/mol. The maximum absolute atomic E-state index is 13.9. The van der Waals surface area contributed by atoms with Gasteiger partial charge < -0.3 is 9.47 Å². The van der Waals surface area contributed by atoms with Crippen molar-refractivity contribution in [3.8, 4) is 0 Å². The number of allylic oxidation sites excluding steroid dienone is 2. The van der Waals surface area contributed by atoms with E-state index in [-0.39, 0.29) is 34.6 Å². The van der Waals surface area contributed by atoms with Crippen LogP contribution in [0, 0.1) is 33.5 Å². The largest absolute Gasteiger partial charge is 0.465 e. The van der Waals surface area contributed by atoms with Crippen LogP contribution in [-0.4, -0.2) is 25.2 Å². The van der Waals surface area contributed by atoms with Crippen molar-refractivity contribution >= 4 is 11.9 Å². The van der Waals surface area contributed by atoms with E-state index >= 15 is 0 Å². The van der Waals surface area contributed by atoms with Crippen LogP contribution in [0.15, 0.2) is 11.1 Å². The molecule has 2 bridgehead atoms. The maximum Gasteiger partial charge on any atom is 0.313 e. The molecule has 4 unspecified atom stereocenters. The minimum absolute atomic E-state index is 0.0667. The first-order valence-corrected chi connectivity index (χ1v) is 12.3. The van der Waals surface area contributed by atoms with Crippen molar-refractivity contribution in [3.63, 3.8) is 0 Å². The molecule has 4 atom stereocenters. The lowest BCUT2D eigenvalue weighted by Crippen LogP contribution is -2.57. The van der Waals surface area contributed by atoms with Gasteiger partial charge in [0.2, 0.25) is 0 Å². The van der Waals surface area contributed by atoms with E-state index in [9.17, 15) is 9.59 Å². The van der Waals surface area contributed by atoms with Crippen LogP contribution >= 0.6 is 0 Å². The number of fused-ring (bicyclic) bond motifs is 2. The Kier molecular flexibility index (Phi) is 7.45. The number of rotatable bonds is 8. The van der Waals surface area contributed by atoms with Gasteiger partial charge in [-0.05, 0) is 54.8 Å². The van der Waals surface area contributed by atoms with E-state index in [1.165, 1.54) is 11.1 Å². The highest BCUT2D eigenvalue weighted by Gasteiger charge is 2.75. The third-order valence-electron chi connectivity index (χ3n) is 7.59. The SMILES string of the molecule is CCC1=C(CC)C2CC1C(CC)(C(=O)OCC(C)(C)C)C2(CC)C(=O)OCC(C)(C)C. The van der Waals surface area contributed by atoms with Crippen molar-refractivity contribution in [3.05, 3.63) is 11.1 Å². The second-order valence-electron chi connectivity index (χ2n) is 12.0. The molecule has 2 aliphatic rings. The van der Waals surface area contributed by atoms with Crippen LogP contribution in [-0.2, 0) is 19.1 Å². The second-order valence-corrected chi connectivity index (χ2v) is 12.0. The molecule has 0 spiro atoms. The van der Waals surface area contributed by atoms with Crippen molar-refractivity contribution in [2.24, 2.45) is 33.5 Å². The summed E-state index contributed by atoms with van der Waals surface area (Å²) in [5.74, 6) is -0.268. The molecule has 4 nitrogen and oxygen atoms in total. The molecule has 1 saturated carbocycles. The van der Waals surface area contributed by atoms with Gasteiger partial charge in [-0.15, -0.1) is 0 Å². The molecule has 0 aromatic heterocycles. The second kappa shape index (κ2) is 8.90. The predicted molar refractivity (Wildman–Crippen MR) is 125 cm³/mol. The Hall–Kier alpha value is -1.32. The van der Waals surface area contributed by atoms with Gasteiger partial charge in [0.1, 0.15) is 0 Å². The summed E-state index contributed by atoms with van der Waals surface area (Å²) in [7, 11) is 0. The van der Waals surface area contributed by atoms with Crippen LogP contribution in [0.3, 0.4) is 0 Å². The molecule has 0 radical (unpaired) electrons. The lowest BCUT2D eigenvalue weighted by atomic mass is 9.52. The quantitative estimate of drug-likeness (QED) is 0.314. The Bertz CT molecular complexity index is 660. The highest BCUT2D eigenvalue weighted by Crippen LogP contribution is 2.72. The van der Waals surface area contributed by atoms with E-state index in [0.29, 0.717) is 26.1 Å². The van der Waals surface area contributed by atoms with E-state index in [0.717, 1.165) is 19.3 Å². The molecule has 0 heterocycles. The van der Waals surface area contributed by atoms with Gasteiger partial charge in [0.25, 0.3) is 0 Å². The van der Waals surface area contributed by atoms with Crippen LogP contribution in [0.1, 0.15) is 101 Å². The first-order chi connectivity index (χ1) is 14.3. The molecule has 0 amide bonds. The summed E-state index contributed by atoms with van der Waals surface area (Å²) in [6.45, 7) is 21.6. The molecule has 0 aromatic carbocycles. The molecule has 4 heteroatoms. The van der Waals surface area contributed by atoms with Gasteiger partial charge in [0.15, 0.2) is 0 Å². The summed E-state index contributed by atoms with van der Waals surface area (Å²) in [4.78, 5) is 27.8. The van der Waals surface area contributed by atoms with Gasteiger partial charge in [-0.3, -0.25) is 9.59 Å². The molecule has 2 aliphatic carbocycles. The smallest absolute Gasteiger partial charge is 0.313 e. The van der Waals surface area contributed by atoms with Crippen molar-refractivity contribution in [2.75, 3.05) is 13.2 Å². The summed E-state index contributed by atoms with van der Waals surface area (Å²) in [6.07, 6.45) is 3.90. The molecule has 0 aliphatic heterocycles. The van der Waals surface area contributed by atoms with Crippen LogP contribution < -0.4 is 0 Å². The van der Waals surface area contributed by atoms with E-state index < -0.39 is 10.8 Å². The zero-order valence-electron chi connectivity index (χ0n) is 21.7. The van der Waals surface area contributed by atoms with Crippen molar-refractivity contribution in [1.29, 1.82) is 0 Å². The molecule has 0 aromatic rings. The Morgan fingerprint density at radius 2 is 1.06 bits per heavy atom. The number of carbonyl (C=O) groups excluding carboxylic acids is 2. The van der Waals surface area contributed by atoms with E-state index in [1.54, 1.807) is 0 Å². The van der Waals surface area contributed by atoms with E-state index in [4.69, 9.17) is 9.47 Å². The fourth-order valence-electron chi connectivity index (χ4n) is 6.42. The standard InChI is InChI=1S/C27H46O4/c1-11-18-19(12-2)21-15-20(18)26(13-3,22(28)30-16-24(5,6)7)27(21,14-4)23(29)31-17-25(8,9)10/h20-21H,11-17H2,1-10H3. The predicted octanol–water partition coefficient (Wildman–Crippen LogP) is 6.72. The highest BCUT2D eigenvalue weighted by molar-refractivity contribution is 5.92. The number of hydrogen-bond donors (Lipinski definition) is 0. The monoisotopic (exact) mass is 434 g/mol. The third-order valence-corrected chi connectivity index (χ3v) is 7.59. The zero-order chi connectivity index (χ0) is 23.8.